The first-order valence-corrected chi connectivity index (χ1v) is 5.52. The molecule has 0 heteroatoms. The summed E-state index contributed by atoms with van der Waals surface area (Å²) in [5, 5.41) is 0. The summed E-state index contributed by atoms with van der Waals surface area (Å²) >= 11 is 0. The Morgan fingerprint density at radius 1 is 1.13 bits per heavy atom. The fraction of sp³-hybridized carbons (Fsp3) is 0.267. The Kier molecular flexibility index (Phi) is 3.85. The summed E-state index contributed by atoms with van der Waals surface area (Å²) in [5.41, 5.74) is 1.11. The van der Waals surface area contributed by atoms with Crippen LogP contribution in [-0.4, -0.2) is 0 Å². The molecule has 1 saturated carbocycles. The monoisotopic (exact) mass is 195 g/mol. The third-order valence-electron chi connectivity index (χ3n) is 2.54. The van der Waals surface area contributed by atoms with Crippen molar-refractivity contribution in [3.8, 4) is 11.8 Å². The molecule has 1 aliphatic carbocycles. The molecule has 1 aromatic carbocycles. The molecule has 15 heavy (non-hydrogen) atoms. The van der Waals surface area contributed by atoms with E-state index in [4.69, 9.17) is 0 Å². The van der Waals surface area contributed by atoms with Crippen molar-refractivity contribution in [2.24, 2.45) is 5.92 Å². The number of hydrogen-bond acceptors (Lipinski definition) is 0. The molecule has 0 saturated heterocycles. The molecule has 0 aromatic heterocycles. The van der Waals surface area contributed by atoms with Gasteiger partial charge in [-0.1, -0.05) is 36.5 Å². The predicted molar refractivity (Wildman–Crippen MR) is 63.6 cm³/mol. The van der Waals surface area contributed by atoms with Crippen molar-refractivity contribution in [1.29, 1.82) is 0 Å². The number of benzene rings is 1. The fourth-order valence-electron chi connectivity index (χ4n) is 1.68. The van der Waals surface area contributed by atoms with E-state index in [-0.39, 0.29) is 0 Å². The molecule has 0 nitrogen and oxygen atoms in total. The van der Waals surface area contributed by atoms with Crippen LogP contribution in [0.5, 0.6) is 0 Å². The Balaban J connectivity index is 1.98. The lowest BCUT2D eigenvalue weighted by molar-refractivity contribution is 0.669. The second-order valence-electron chi connectivity index (χ2n) is 3.79. The fourth-order valence-corrected chi connectivity index (χ4v) is 1.68. The number of hydrogen-bond donors (Lipinski definition) is 0. The summed E-state index contributed by atoms with van der Waals surface area (Å²) in [6.07, 6.45) is 10.2. The van der Waals surface area contributed by atoms with Crippen LogP contribution in [0.1, 0.15) is 24.8 Å². The van der Waals surface area contributed by atoms with E-state index in [1.807, 2.05) is 18.2 Å². The molecule has 0 bridgehead atoms. The van der Waals surface area contributed by atoms with E-state index in [9.17, 15) is 0 Å². The van der Waals surface area contributed by atoms with Gasteiger partial charge in [-0.2, -0.15) is 0 Å². The van der Waals surface area contributed by atoms with Gasteiger partial charge in [0.15, 0.2) is 0 Å². The van der Waals surface area contributed by atoms with Crippen LogP contribution in [0.15, 0.2) is 30.3 Å². The summed E-state index contributed by atoms with van der Waals surface area (Å²) in [4.78, 5) is 0. The third-order valence-corrected chi connectivity index (χ3v) is 2.54. The average molecular weight is 195 g/mol. The van der Waals surface area contributed by atoms with Gasteiger partial charge in [-0.15, -0.1) is 0 Å². The molecule has 2 rings (SSSR count). The van der Waals surface area contributed by atoms with Gasteiger partial charge in [0.05, 0.1) is 0 Å². The predicted octanol–water partition coefficient (Wildman–Crippen LogP) is 3.45. The van der Waals surface area contributed by atoms with E-state index in [2.05, 4.69) is 43.2 Å². The Hall–Kier alpha value is -1.22. The smallest absolute Gasteiger partial charge is 0.0245 e. The van der Waals surface area contributed by atoms with Crippen LogP contribution in [-0.2, 0) is 0 Å². The maximum atomic E-state index is 3.32. The zero-order valence-corrected chi connectivity index (χ0v) is 8.82. The first-order valence-electron chi connectivity index (χ1n) is 5.52. The topological polar surface area (TPSA) is 0 Å². The molecule has 0 aliphatic heterocycles. The molecule has 1 unspecified atom stereocenters. The summed E-state index contributed by atoms with van der Waals surface area (Å²) < 4.78 is 0. The van der Waals surface area contributed by atoms with Gasteiger partial charge < -0.3 is 0 Å². The Morgan fingerprint density at radius 2 is 2.00 bits per heavy atom. The van der Waals surface area contributed by atoms with E-state index in [0.717, 1.165) is 5.56 Å². The normalized spacial score (nSPS) is 17.6. The SMILES string of the molecule is C(#CC1[CH][CH][CH]CCC1)c1ccccc1. The zero-order valence-electron chi connectivity index (χ0n) is 8.82. The lowest BCUT2D eigenvalue weighted by Gasteiger charge is -2.03. The minimum atomic E-state index is 0.434. The van der Waals surface area contributed by atoms with Gasteiger partial charge in [0.2, 0.25) is 0 Å². The molecule has 0 amide bonds. The minimum Gasteiger partial charge on any atom is -0.0942 e. The van der Waals surface area contributed by atoms with E-state index in [0.29, 0.717) is 5.92 Å². The van der Waals surface area contributed by atoms with Crippen molar-refractivity contribution in [2.45, 2.75) is 19.3 Å². The van der Waals surface area contributed by atoms with Gasteiger partial charge in [-0.3, -0.25) is 0 Å². The molecule has 0 spiro atoms. The highest BCUT2D eigenvalue weighted by Crippen LogP contribution is 2.19. The first kappa shape index (κ1) is 10.3. The largest absolute Gasteiger partial charge is 0.0942 e. The van der Waals surface area contributed by atoms with Gasteiger partial charge in [0.1, 0.15) is 0 Å². The average Bonchev–Trinajstić information content (AvgIpc) is 2.56. The summed E-state index contributed by atoms with van der Waals surface area (Å²) in [7, 11) is 0. The molecule has 1 atom stereocenters. The molecule has 1 aliphatic rings. The molecule has 0 heterocycles. The van der Waals surface area contributed by atoms with Crippen molar-refractivity contribution in [3.63, 3.8) is 0 Å². The maximum Gasteiger partial charge on any atom is 0.0245 e. The van der Waals surface area contributed by atoms with Crippen molar-refractivity contribution < 1.29 is 0 Å². The Labute approximate surface area is 92.7 Å². The Morgan fingerprint density at radius 3 is 2.87 bits per heavy atom. The van der Waals surface area contributed by atoms with Gasteiger partial charge in [-0.25, -0.2) is 0 Å². The highest BCUT2D eigenvalue weighted by Gasteiger charge is 2.09. The summed E-state index contributed by atoms with van der Waals surface area (Å²) in [6, 6.07) is 10.2. The second-order valence-corrected chi connectivity index (χ2v) is 3.79. The van der Waals surface area contributed by atoms with E-state index in [1.54, 1.807) is 0 Å². The maximum absolute atomic E-state index is 3.32. The van der Waals surface area contributed by atoms with Crippen LogP contribution in [0.25, 0.3) is 0 Å². The highest BCUT2D eigenvalue weighted by atomic mass is 14.1. The molecule has 3 radical (unpaired) electrons. The Bertz CT molecular complexity index is 331. The van der Waals surface area contributed by atoms with Crippen LogP contribution in [0, 0.1) is 37.0 Å². The van der Waals surface area contributed by atoms with Crippen molar-refractivity contribution in [1.82, 2.24) is 0 Å². The summed E-state index contributed by atoms with van der Waals surface area (Å²) in [5.74, 6) is 6.98. The second kappa shape index (κ2) is 5.61. The molecule has 75 valence electrons. The minimum absolute atomic E-state index is 0.434. The van der Waals surface area contributed by atoms with E-state index >= 15 is 0 Å². The van der Waals surface area contributed by atoms with E-state index < -0.39 is 0 Å². The zero-order chi connectivity index (χ0) is 10.3. The van der Waals surface area contributed by atoms with Crippen LogP contribution < -0.4 is 0 Å². The molecular weight excluding hydrogens is 180 g/mol. The molecule has 1 aromatic rings. The van der Waals surface area contributed by atoms with Crippen LogP contribution in [0.4, 0.5) is 0 Å². The van der Waals surface area contributed by atoms with Crippen LogP contribution in [0.3, 0.4) is 0 Å². The molecular formula is C15H15. The first-order chi connectivity index (χ1) is 7.45. The lowest BCUT2D eigenvalue weighted by Crippen LogP contribution is -1.95. The van der Waals surface area contributed by atoms with E-state index in [1.165, 1.54) is 19.3 Å². The van der Waals surface area contributed by atoms with Crippen molar-refractivity contribution in [3.05, 3.63) is 55.2 Å². The van der Waals surface area contributed by atoms with Gasteiger partial charge in [-0.05, 0) is 44.2 Å². The molecule has 0 N–H and O–H groups in total. The van der Waals surface area contributed by atoms with Crippen LogP contribution in [0.2, 0.25) is 0 Å². The number of rotatable bonds is 0. The van der Waals surface area contributed by atoms with Gasteiger partial charge in [0.25, 0.3) is 0 Å². The third kappa shape index (κ3) is 3.44. The van der Waals surface area contributed by atoms with Crippen molar-refractivity contribution >= 4 is 0 Å². The highest BCUT2D eigenvalue weighted by molar-refractivity contribution is 5.35. The lowest BCUT2D eigenvalue weighted by atomic mass is 10.0. The quantitative estimate of drug-likeness (QED) is 0.439. The molecule has 1 fully saturated rings. The standard InChI is InChI=1S/C15H15/c1-2-5-9-14(8-4-1)12-13-15-10-6-3-7-11-15/h1,3-4,6-8,10-11,14H,2,5,9H2. The van der Waals surface area contributed by atoms with Gasteiger partial charge >= 0.3 is 0 Å². The van der Waals surface area contributed by atoms with Gasteiger partial charge in [0, 0.05) is 11.5 Å². The van der Waals surface area contributed by atoms with Crippen molar-refractivity contribution in [2.75, 3.05) is 0 Å². The van der Waals surface area contributed by atoms with Crippen LogP contribution >= 0.6 is 0 Å². The summed E-state index contributed by atoms with van der Waals surface area (Å²) in [6.45, 7) is 0.